The standard InChI is InChI=1S/C20H20N4O2/c25-20(18-13-22-16-5-1-2-6-17(16)24-18)23-14-8-10-15(11-9-14)26-19-7-3-4-12-21-19/h1-7,12-15H,8-11H2,(H,23,25). The van der Waals surface area contributed by atoms with Gasteiger partial charge in [-0.15, -0.1) is 0 Å². The number of carbonyl (C=O) groups excluding carboxylic acids is 1. The summed E-state index contributed by atoms with van der Waals surface area (Å²) in [6.45, 7) is 0. The summed E-state index contributed by atoms with van der Waals surface area (Å²) in [7, 11) is 0. The number of fused-ring (bicyclic) bond motifs is 1. The summed E-state index contributed by atoms with van der Waals surface area (Å²) in [6, 6.07) is 13.3. The first-order valence-electron chi connectivity index (χ1n) is 8.88. The van der Waals surface area contributed by atoms with Crippen LogP contribution in [-0.2, 0) is 0 Å². The van der Waals surface area contributed by atoms with Gasteiger partial charge in [0.15, 0.2) is 0 Å². The van der Waals surface area contributed by atoms with Gasteiger partial charge in [0.1, 0.15) is 11.8 Å². The predicted molar refractivity (Wildman–Crippen MR) is 97.9 cm³/mol. The molecule has 1 aliphatic rings. The van der Waals surface area contributed by atoms with Gasteiger partial charge in [-0.3, -0.25) is 9.78 Å². The average Bonchev–Trinajstić information content (AvgIpc) is 2.70. The predicted octanol–water partition coefficient (Wildman–Crippen LogP) is 3.14. The van der Waals surface area contributed by atoms with Gasteiger partial charge < -0.3 is 10.1 Å². The molecule has 132 valence electrons. The normalized spacial score (nSPS) is 19.8. The fourth-order valence-corrected chi connectivity index (χ4v) is 3.24. The Labute approximate surface area is 151 Å². The number of aromatic nitrogens is 3. The van der Waals surface area contributed by atoms with Crippen molar-refractivity contribution in [2.45, 2.75) is 37.8 Å². The largest absolute Gasteiger partial charge is 0.474 e. The molecule has 0 spiro atoms. The first-order valence-corrected chi connectivity index (χ1v) is 8.88. The topological polar surface area (TPSA) is 77.0 Å². The molecule has 6 nitrogen and oxygen atoms in total. The van der Waals surface area contributed by atoms with Crippen LogP contribution in [0.2, 0.25) is 0 Å². The molecule has 4 rings (SSSR count). The highest BCUT2D eigenvalue weighted by atomic mass is 16.5. The number of rotatable bonds is 4. The van der Waals surface area contributed by atoms with Crippen molar-refractivity contribution in [1.82, 2.24) is 20.3 Å². The van der Waals surface area contributed by atoms with Crippen molar-refractivity contribution >= 4 is 16.9 Å². The van der Waals surface area contributed by atoms with E-state index in [1.807, 2.05) is 42.5 Å². The van der Waals surface area contributed by atoms with Crippen molar-refractivity contribution < 1.29 is 9.53 Å². The number of amides is 1. The fourth-order valence-electron chi connectivity index (χ4n) is 3.24. The molecule has 2 heterocycles. The van der Waals surface area contributed by atoms with Gasteiger partial charge >= 0.3 is 0 Å². The van der Waals surface area contributed by atoms with E-state index in [0.717, 1.165) is 36.7 Å². The van der Waals surface area contributed by atoms with Crippen molar-refractivity contribution in [3.63, 3.8) is 0 Å². The van der Waals surface area contributed by atoms with Crippen molar-refractivity contribution in [1.29, 1.82) is 0 Å². The van der Waals surface area contributed by atoms with E-state index in [2.05, 4.69) is 20.3 Å². The molecule has 26 heavy (non-hydrogen) atoms. The second-order valence-electron chi connectivity index (χ2n) is 6.48. The lowest BCUT2D eigenvalue weighted by atomic mass is 9.93. The Kier molecular flexibility index (Phi) is 4.73. The van der Waals surface area contributed by atoms with Crippen LogP contribution in [0, 0.1) is 0 Å². The number of para-hydroxylation sites is 2. The highest BCUT2D eigenvalue weighted by Crippen LogP contribution is 2.23. The Hall–Kier alpha value is -3.02. The third-order valence-corrected chi connectivity index (χ3v) is 4.62. The molecule has 0 atom stereocenters. The SMILES string of the molecule is O=C(NC1CCC(Oc2ccccn2)CC1)c1cnc2ccccc2n1. The number of pyridine rings is 1. The zero-order chi connectivity index (χ0) is 17.8. The minimum absolute atomic E-state index is 0.138. The second kappa shape index (κ2) is 7.47. The maximum Gasteiger partial charge on any atom is 0.271 e. The van der Waals surface area contributed by atoms with Gasteiger partial charge in [0.2, 0.25) is 5.88 Å². The number of ether oxygens (including phenoxy) is 1. The van der Waals surface area contributed by atoms with Crippen LogP contribution in [-0.4, -0.2) is 33.0 Å². The summed E-state index contributed by atoms with van der Waals surface area (Å²) in [5.74, 6) is 0.490. The van der Waals surface area contributed by atoms with Gasteiger partial charge in [-0.05, 0) is 43.9 Å². The van der Waals surface area contributed by atoms with Crippen LogP contribution in [0.3, 0.4) is 0 Å². The van der Waals surface area contributed by atoms with E-state index in [4.69, 9.17) is 4.74 Å². The monoisotopic (exact) mass is 348 g/mol. The maximum absolute atomic E-state index is 12.5. The molecule has 3 aromatic rings. The summed E-state index contributed by atoms with van der Waals surface area (Å²) in [6.07, 6.45) is 6.96. The summed E-state index contributed by atoms with van der Waals surface area (Å²) in [5, 5.41) is 3.07. The first kappa shape index (κ1) is 16.4. The number of nitrogens with zero attached hydrogens (tertiary/aromatic N) is 3. The van der Waals surface area contributed by atoms with Crippen LogP contribution in [0.4, 0.5) is 0 Å². The highest BCUT2D eigenvalue weighted by molar-refractivity contribution is 5.93. The fraction of sp³-hybridized carbons (Fsp3) is 0.300. The van der Waals surface area contributed by atoms with Gasteiger partial charge in [-0.2, -0.15) is 0 Å². The Morgan fingerprint density at radius 2 is 1.73 bits per heavy atom. The van der Waals surface area contributed by atoms with Gasteiger partial charge in [-0.25, -0.2) is 9.97 Å². The van der Waals surface area contributed by atoms with Gasteiger partial charge in [-0.1, -0.05) is 18.2 Å². The first-order chi connectivity index (χ1) is 12.8. The Morgan fingerprint density at radius 3 is 2.50 bits per heavy atom. The Bertz CT molecular complexity index is 892. The molecular weight excluding hydrogens is 328 g/mol. The third-order valence-electron chi connectivity index (χ3n) is 4.62. The molecule has 0 bridgehead atoms. The molecule has 1 amide bonds. The lowest BCUT2D eigenvalue weighted by Crippen LogP contribution is -2.40. The van der Waals surface area contributed by atoms with E-state index in [9.17, 15) is 4.79 Å². The number of hydrogen-bond acceptors (Lipinski definition) is 5. The van der Waals surface area contributed by atoms with Crippen LogP contribution in [0.25, 0.3) is 11.0 Å². The minimum atomic E-state index is -0.169. The minimum Gasteiger partial charge on any atom is -0.474 e. The molecule has 1 saturated carbocycles. The van der Waals surface area contributed by atoms with Crippen LogP contribution < -0.4 is 10.1 Å². The van der Waals surface area contributed by atoms with Crippen molar-refractivity contribution in [2.75, 3.05) is 0 Å². The van der Waals surface area contributed by atoms with E-state index in [-0.39, 0.29) is 18.1 Å². The number of carbonyl (C=O) groups is 1. The van der Waals surface area contributed by atoms with Crippen molar-refractivity contribution in [3.05, 3.63) is 60.6 Å². The van der Waals surface area contributed by atoms with Crippen molar-refractivity contribution in [2.24, 2.45) is 0 Å². The summed E-state index contributed by atoms with van der Waals surface area (Å²) < 4.78 is 5.90. The van der Waals surface area contributed by atoms with Gasteiger partial charge in [0.05, 0.1) is 17.2 Å². The van der Waals surface area contributed by atoms with E-state index in [1.165, 1.54) is 6.20 Å². The van der Waals surface area contributed by atoms with Crippen LogP contribution >= 0.6 is 0 Å². The molecule has 1 aromatic carbocycles. The Morgan fingerprint density at radius 1 is 0.962 bits per heavy atom. The molecule has 1 aliphatic carbocycles. The van der Waals surface area contributed by atoms with E-state index >= 15 is 0 Å². The van der Waals surface area contributed by atoms with Crippen LogP contribution in [0.15, 0.2) is 54.9 Å². The van der Waals surface area contributed by atoms with Gasteiger partial charge in [0, 0.05) is 18.3 Å². The molecule has 0 radical (unpaired) electrons. The lowest BCUT2D eigenvalue weighted by molar-refractivity contribution is 0.0885. The molecular formula is C20H20N4O2. The smallest absolute Gasteiger partial charge is 0.271 e. The van der Waals surface area contributed by atoms with Crippen LogP contribution in [0.1, 0.15) is 36.2 Å². The zero-order valence-corrected chi connectivity index (χ0v) is 14.3. The van der Waals surface area contributed by atoms with Crippen LogP contribution in [0.5, 0.6) is 5.88 Å². The number of hydrogen-bond donors (Lipinski definition) is 1. The van der Waals surface area contributed by atoms with Gasteiger partial charge in [0.25, 0.3) is 5.91 Å². The average molecular weight is 348 g/mol. The summed E-state index contributed by atoms with van der Waals surface area (Å²) in [5.41, 5.74) is 1.87. The number of nitrogens with one attached hydrogen (secondary N) is 1. The lowest BCUT2D eigenvalue weighted by Gasteiger charge is -2.29. The van der Waals surface area contributed by atoms with E-state index in [0.29, 0.717) is 11.6 Å². The second-order valence-corrected chi connectivity index (χ2v) is 6.48. The van der Waals surface area contributed by atoms with Crippen molar-refractivity contribution in [3.8, 4) is 5.88 Å². The summed E-state index contributed by atoms with van der Waals surface area (Å²) in [4.78, 5) is 25.4. The number of benzene rings is 1. The van der Waals surface area contributed by atoms with E-state index < -0.39 is 0 Å². The molecule has 0 aliphatic heterocycles. The molecule has 1 fully saturated rings. The molecule has 1 N–H and O–H groups in total. The molecule has 6 heteroatoms. The molecule has 2 aromatic heterocycles. The Balaban J connectivity index is 1.32. The highest BCUT2D eigenvalue weighted by Gasteiger charge is 2.24. The molecule has 0 saturated heterocycles. The zero-order valence-electron chi connectivity index (χ0n) is 14.3. The third kappa shape index (κ3) is 3.79. The maximum atomic E-state index is 12.5. The summed E-state index contributed by atoms with van der Waals surface area (Å²) >= 11 is 0. The quantitative estimate of drug-likeness (QED) is 0.784. The van der Waals surface area contributed by atoms with E-state index in [1.54, 1.807) is 6.20 Å². The molecule has 0 unspecified atom stereocenters.